The molecular formula is C29H38FN5O4S. The lowest BCUT2D eigenvalue weighted by Gasteiger charge is -2.47. The fourth-order valence-electron chi connectivity index (χ4n) is 6.15. The summed E-state index contributed by atoms with van der Waals surface area (Å²) < 4.78 is 45.8. The largest absolute Gasteiger partial charge is 0.491 e. The van der Waals surface area contributed by atoms with E-state index in [4.69, 9.17) is 9.73 Å². The third-order valence-electron chi connectivity index (χ3n) is 8.00. The van der Waals surface area contributed by atoms with Crippen molar-refractivity contribution in [3.8, 4) is 5.75 Å². The van der Waals surface area contributed by atoms with E-state index in [1.807, 2.05) is 26.0 Å². The standard InChI is InChI=1S/C29H38FN5O4S/c1-20(2)39-26-10-5-7-22(15-26)18-33-14-12-29(17-21(33)3)27(31-24-11-13-34(19-24)40(4,37)38)32-28(36)35(29)25-9-6-8-23(30)16-25/h5-10,15-16,20-21,24H,11-14,17-19H2,1-4H3,(H,31,32,36)/t21-,24+,29+/m1/s1. The molecule has 0 bridgehead atoms. The van der Waals surface area contributed by atoms with E-state index < -0.39 is 21.4 Å². The predicted molar refractivity (Wildman–Crippen MR) is 154 cm³/mol. The van der Waals surface area contributed by atoms with Gasteiger partial charge in [-0.25, -0.2) is 17.6 Å². The monoisotopic (exact) mass is 571 g/mol. The van der Waals surface area contributed by atoms with Gasteiger partial charge in [0, 0.05) is 37.9 Å². The van der Waals surface area contributed by atoms with Gasteiger partial charge in [-0.15, -0.1) is 0 Å². The number of rotatable bonds is 7. The second-order valence-corrected chi connectivity index (χ2v) is 13.4. The first-order chi connectivity index (χ1) is 18.9. The molecule has 3 atom stereocenters. The van der Waals surface area contributed by atoms with Crippen LogP contribution in [0.25, 0.3) is 0 Å². The molecule has 3 aliphatic heterocycles. The molecule has 0 aliphatic carbocycles. The number of carbonyl (C=O) groups is 1. The third kappa shape index (κ3) is 5.87. The van der Waals surface area contributed by atoms with E-state index in [9.17, 15) is 17.6 Å². The first-order valence-corrected chi connectivity index (χ1v) is 15.7. The Morgan fingerprint density at radius 3 is 2.62 bits per heavy atom. The minimum atomic E-state index is -3.32. The Balaban J connectivity index is 1.43. The van der Waals surface area contributed by atoms with Crippen LogP contribution < -0.4 is 15.0 Å². The number of nitrogens with zero attached hydrogens (tertiary/aromatic N) is 4. The van der Waals surface area contributed by atoms with Crippen LogP contribution in [0.15, 0.2) is 53.5 Å². The lowest BCUT2D eigenvalue weighted by Crippen LogP contribution is -2.59. The summed E-state index contributed by atoms with van der Waals surface area (Å²) in [5.74, 6) is 0.964. The van der Waals surface area contributed by atoms with Gasteiger partial charge in [0.2, 0.25) is 10.0 Å². The summed E-state index contributed by atoms with van der Waals surface area (Å²) in [4.78, 5) is 22.4. The van der Waals surface area contributed by atoms with Crippen LogP contribution >= 0.6 is 0 Å². The Labute approximate surface area is 236 Å². The number of likely N-dealkylation sites (tertiary alicyclic amines) is 1. The van der Waals surface area contributed by atoms with Crippen LogP contribution in [0.5, 0.6) is 5.75 Å². The minimum absolute atomic E-state index is 0.0773. The Morgan fingerprint density at radius 2 is 1.95 bits per heavy atom. The van der Waals surface area contributed by atoms with Gasteiger partial charge in [-0.05, 0) is 75.9 Å². The topological polar surface area (TPSA) is 94.5 Å². The molecule has 0 saturated carbocycles. The number of ether oxygens (including phenoxy) is 1. The molecule has 0 radical (unpaired) electrons. The lowest BCUT2D eigenvalue weighted by atomic mass is 9.81. The van der Waals surface area contributed by atoms with Gasteiger partial charge >= 0.3 is 6.03 Å². The summed E-state index contributed by atoms with van der Waals surface area (Å²) in [5, 5.41) is 2.99. The molecule has 2 aromatic carbocycles. The van der Waals surface area contributed by atoms with Gasteiger partial charge in [0.1, 0.15) is 22.9 Å². The van der Waals surface area contributed by atoms with Crippen LogP contribution in [-0.2, 0) is 16.6 Å². The van der Waals surface area contributed by atoms with E-state index in [0.717, 1.165) is 17.9 Å². The number of hydrogen-bond acceptors (Lipinski definition) is 6. The summed E-state index contributed by atoms with van der Waals surface area (Å²) in [6, 6.07) is 13.7. The van der Waals surface area contributed by atoms with Gasteiger partial charge in [-0.2, -0.15) is 4.31 Å². The van der Waals surface area contributed by atoms with Gasteiger partial charge in [-0.3, -0.25) is 20.1 Å². The van der Waals surface area contributed by atoms with Crippen LogP contribution in [0.4, 0.5) is 14.9 Å². The number of nitrogens with one attached hydrogen (secondary N) is 1. The molecule has 2 aromatic rings. The van der Waals surface area contributed by atoms with E-state index in [-0.39, 0.29) is 30.8 Å². The molecule has 0 aromatic heterocycles. The zero-order valence-electron chi connectivity index (χ0n) is 23.5. The second kappa shape index (κ2) is 11.1. The number of benzene rings is 2. The fourth-order valence-corrected chi connectivity index (χ4v) is 7.03. The molecule has 9 nitrogen and oxygen atoms in total. The highest BCUT2D eigenvalue weighted by molar-refractivity contribution is 7.88. The van der Waals surface area contributed by atoms with Crippen LogP contribution in [0, 0.1) is 5.82 Å². The average molecular weight is 572 g/mol. The van der Waals surface area contributed by atoms with Crippen molar-refractivity contribution in [1.29, 1.82) is 0 Å². The van der Waals surface area contributed by atoms with Gasteiger partial charge in [0.25, 0.3) is 0 Å². The van der Waals surface area contributed by atoms with Crippen molar-refractivity contribution in [2.24, 2.45) is 4.99 Å². The van der Waals surface area contributed by atoms with E-state index in [2.05, 4.69) is 29.3 Å². The van der Waals surface area contributed by atoms with Crippen molar-refractivity contribution < 1.29 is 22.3 Å². The zero-order valence-corrected chi connectivity index (χ0v) is 24.3. The average Bonchev–Trinajstić information content (AvgIpc) is 3.44. The Bertz CT molecular complexity index is 1400. The van der Waals surface area contributed by atoms with Crippen molar-refractivity contribution in [2.75, 3.05) is 30.8 Å². The van der Waals surface area contributed by atoms with E-state index in [1.165, 1.54) is 22.7 Å². The van der Waals surface area contributed by atoms with Crippen molar-refractivity contribution >= 4 is 27.6 Å². The minimum Gasteiger partial charge on any atom is -0.491 e. The van der Waals surface area contributed by atoms with Crippen molar-refractivity contribution in [2.45, 2.75) is 70.3 Å². The molecule has 3 fully saturated rings. The van der Waals surface area contributed by atoms with Gasteiger partial charge < -0.3 is 4.74 Å². The number of urea groups is 1. The van der Waals surface area contributed by atoms with Crippen LogP contribution in [0.2, 0.25) is 0 Å². The summed E-state index contributed by atoms with van der Waals surface area (Å²) >= 11 is 0. The summed E-state index contributed by atoms with van der Waals surface area (Å²) in [5.41, 5.74) is 0.831. The normalized spacial score (nSPS) is 27.2. The Morgan fingerprint density at radius 1 is 1.18 bits per heavy atom. The molecule has 2 amide bonds. The first kappa shape index (κ1) is 28.5. The predicted octanol–water partition coefficient (Wildman–Crippen LogP) is 4.00. The van der Waals surface area contributed by atoms with Crippen LogP contribution in [0.1, 0.15) is 45.6 Å². The van der Waals surface area contributed by atoms with E-state index in [1.54, 1.807) is 17.0 Å². The summed E-state index contributed by atoms with van der Waals surface area (Å²) in [6.45, 7) is 8.25. The van der Waals surface area contributed by atoms with E-state index in [0.29, 0.717) is 43.9 Å². The maximum Gasteiger partial charge on any atom is 0.328 e. The lowest BCUT2D eigenvalue weighted by molar-refractivity contribution is 0.123. The second-order valence-electron chi connectivity index (χ2n) is 11.4. The first-order valence-electron chi connectivity index (χ1n) is 13.8. The molecular weight excluding hydrogens is 533 g/mol. The number of aliphatic imine (C=N–C) groups is 1. The number of sulfonamides is 1. The number of amidine groups is 1. The Hall–Kier alpha value is -3.02. The SMILES string of the molecule is CC(C)Oc1cccc(CN2CC[C@]3(C[C@H]2C)C(=N[C@H]2CCN(S(C)(=O)=O)C2)NC(=O)N3c2cccc(F)c2)c1. The van der Waals surface area contributed by atoms with Crippen molar-refractivity contribution in [3.05, 3.63) is 59.9 Å². The molecule has 1 spiro atoms. The Kier molecular flexibility index (Phi) is 7.91. The number of piperidine rings is 1. The van der Waals surface area contributed by atoms with Crippen molar-refractivity contribution in [1.82, 2.24) is 14.5 Å². The van der Waals surface area contributed by atoms with Crippen molar-refractivity contribution in [3.63, 3.8) is 0 Å². The smallest absolute Gasteiger partial charge is 0.328 e. The molecule has 5 rings (SSSR count). The summed E-state index contributed by atoms with van der Waals surface area (Å²) in [7, 11) is -3.32. The van der Waals surface area contributed by atoms with Gasteiger partial charge in [-0.1, -0.05) is 18.2 Å². The van der Waals surface area contributed by atoms with Crippen LogP contribution in [0.3, 0.4) is 0 Å². The number of anilines is 1. The molecule has 3 aliphatic rings. The number of hydrogen-bond donors (Lipinski definition) is 1. The molecule has 0 unspecified atom stereocenters. The number of halogens is 1. The van der Waals surface area contributed by atoms with E-state index >= 15 is 0 Å². The quantitative estimate of drug-likeness (QED) is 0.542. The fraction of sp³-hybridized carbons (Fsp3) is 0.517. The molecule has 3 saturated heterocycles. The van der Waals surface area contributed by atoms with Crippen LogP contribution in [-0.4, -0.2) is 79.1 Å². The van der Waals surface area contributed by atoms with Gasteiger partial charge in [0.15, 0.2) is 0 Å². The molecule has 216 valence electrons. The highest BCUT2D eigenvalue weighted by Crippen LogP contribution is 2.41. The third-order valence-corrected chi connectivity index (χ3v) is 9.27. The highest BCUT2D eigenvalue weighted by Gasteiger charge is 2.55. The highest BCUT2D eigenvalue weighted by atomic mass is 32.2. The van der Waals surface area contributed by atoms with Gasteiger partial charge in [0.05, 0.1) is 18.4 Å². The number of amides is 2. The molecule has 40 heavy (non-hydrogen) atoms. The maximum absolute atomic E-state index is 14.3. The summed E-state index contributed by atoms with van der Waals surface area (Å²) in [6.07, 6.45) is 3.06. The molecule has 3 heterocycles. The zero-order chi connectivity index (χ0) is 28.7. The molecule has 11 heteroatoms. The number of carbonyl (C=O) groups excluding carboxylic acids is 1. The maximum atomic E-state index is 14.3. The molecule has 1 N–H and O–H groups in total.